The first kappa shape index (κ1) is 15.8. The summed E-state index contributed by atoms with van der Waals surface area (Å²) in [4.78, 5) is 2.41. The van der Waals surface area contributed by atoms with E-state index in [1.165, 1.54) is 11.3 Å². The highest BCUT2D eigenvalue weighted by Gasteiger charge is 2.13. The third-order valence-corrected chi connectivity index (χ3v) is 3.29. The SMILES string of the molecule is C=CCN(CCC)c1ccccc1C(C)NCCC. The van der Waals surface area contributed by atoms with E-state index < -0.39 is 0 Å². The number of hydrogen-bond acceptors (Lipinski definition) is 2. The summed E-state index contributed by atoms with van der Waals surface area (Å²) >= 11 is 0. The summed E-state index contributed by atoms with van der Waals surface area (Å²) in [5, 5.41) is 3.58. The Morgan fingerprint density at radius 1 is 1.26 bits per heavy atom. The van der Waals surface area contributed by atoms with Crippen LogP contribution in [0.5, 0.6) is 0 Å². The smallest absolute Gasteiger partial charge is 0.0417 e. The van der Waals surface area contributed by atoms with Gasteiger partial charge in [-0.1, -0.05) is 38.1 Å². The number of nitrogens with one attached hydrogen (secondary N) is 1. The van der Waals surface area contributed by atoms with Crippen LogP contribution in [0.2, 0.25) is 0 Å². The summed E-state index contributed by atoms with van der Waals surface area (Å²) in [6.07, 6.45) is 4.30. The standard InChI is InChI=1S/C17H28N2/c1-5-12-18-15(4)16-10-8-9-11-17(16)19(13-6-2)14-7-3/h6,8-11,15,18H,2,5,7,12-14H2,1,3-4H3. The molecule has 1 atom stereocenters. The van der Waals surface area contributed by atoms with E-state index in [1.54, 1.807) is 0 Å². The van der Waals surface area contributed by atoms with Crippen molar-refractivity contribution in [2.75, 3.05) is 24.5 Å². The fourth-order valence-electron chi connectivity index (χ4n) is 2.35. The van der Waals surface area contributed by atoms with Crippen molar-refractivity contribution in [2.24, 2.45) is 0 Å². The zero-order valence-corrected chi connectivity index (χ0v) is 12.7. The highest BCUT2D eigenvalue weighted by atomic mass is 15.1. The van der Waals surface area contributed by atoms with Crippen LogP contribution in [-0.4, -0.2) is 19.6 Å². The van der Waals surface area contributed by atoms with Gasteiger partial charge in [-0.05, 0) is 37.9 Å². The van der Waals surface area contributed by atoms with Crippen LogP contribution in [0.15, 0.2) is 36.9 Å². The van der Waals surface area contributed by atoms with Crippen molar-refractivity contribution in [3.05, 3.63) is 42.5 Å². The maximum absolute atomic E-state index is 3.88. The molecular weight excluding hydrogens is 232 g/mol. The number of nitrogens with zero attached hydrogens (tertiary/aromatic N) is 1. The average molecular weight is 260 g/mol. The minimum Gasteiger partial charge on any atom is -0.368 e. The van der Waals surface area contributed by atoms with Gasteiger partial charge in [-0.2, -0.15) is 0 Å². The molecule has 0 saturated carbocycles. The summed E-state index contributed by atoms with van der Waals surface area (Å²) in [5.74, 6) is 0. The van der Waals surface area contributed by atoms with Crippen LogP contribution >= 0.6 is 0 Å². The van der Waals surface area contributed by atoms with E-state index >= 15 is 0 Å². The van der Waals surface area contributed by atoms with Crippen molar-refractivity contribution in [1.82, 2.24) is 5.32 Å². The fourth-order valence-corrected chi connectivity index (χ4v) is 2.35. The van der Waals surface area contributed by atoms with E-state index in [0.29, 0.717) is 6.04 Å². The second kappa shape index (κ2) is 8.76. The van der Waals surface area contributed by atoms with Crippen molar-refractivity contribution in [1.29, 1.82) is 0 Å². The summed E-state index contributed by atoms with van der Waals surface area (Å²) in [6.45, 7) is 13.6. The molecule has 0 spiro atoms. The maximum atomic E-state index is 3.88. The first-order valence-corrected chi connectivity index (χ1v) is 7.42. The fraction of sp³-hybridized carbons (Fsp3) is 0.529. The Morgan fingerprint density at radius 2 is 2.00 bits per heavy atom. The van der Waals surface area contributed by atoms with Gasteiger partial charge in [0.25, 0.3) is 0 Å². The lowest BCUT2D eigenvalue weighted by Crippen LogP contribution is -2.27. The van der Waals surface area contributed by atoms with E-state index in [2.05, 4.69) is 61.8 Å². The predicted molar refractivity (Wildman–Crippen MR) is 85.9 cm³/mol. The Labute approximate surface area is 118 Å². The quantitative estimate of drug-likeness (QED) is 0.671. The molecule has 0 saturated heterocycles. The monoisotopic (exact) mass is 260 g/mol. The first-order valence-electron chi connectivity index (χ1n) is 7.42. The Hall–Kier alpha value is -1.28. The third kappa shape index (κ3) is 4.71. The summed E-state index contributed by atoms with van der Waals surface area (Å²) in [6, 6.07) is 9.09. The van der Waals surface area contributed by atoms with Crippen LogP contribution < -0.4 is 10.2 Å². The number of para-hydroxylation sites is 1. The Kier molecular flexibility index (Phi) is 7.27. The molecule has 0 amide bonds. The minimum atomic E-state index is 0.389. The molecule has 1 aromatic carbocycles. The molecule has 1 unspecified atom stereocenters. The summed E-state index contributed by atoms with van der Waals surface area (Å²) < 4.78 is 0. The second-order valence-electron chi connectivity index (χ2n) is 4.97. The van der Waals surface area contributed by atoms with Crippen LogP contribution in [0.25, 0.3) is 0 Å². The van der Waals surface area contributed by atoms with E-state index in [-0.39, 0.29) is 0 Å². The number of anilines is 1. The Bertz CT molecular complexity index is 373. The van der Waals surface area contributed by atoms with Gasteiger partial charge in [-0.3, -0.25) is 0 Å². The van der Waals surface area contributed by atoms with E-state index in [4.69, 9.17) is 0 Å². The van der Waals surface area contributed by atoms with Crippen molar-refractivity contribution in [3.63, 3.8) is 0 Å². The van der Waals surface area contributed by atoms with Crippen LogP contribution in [0, 0.1) is 0 Å². The Morgan fingerprint density at radius 3 is 2.63 bits per heavy atom. The van der Waals surface area contributed by atoms with Crippen molar-refractivity contribution in [2.45, 2.75) is 39.7 Å². The largest absolute Gasteiger partial charge is 0.368 e. The van der Waals surface area contributed by atoms with Gasteiger partial charge in [0.2, 0.25) is 0 Å². The maximum Gasteiger partial charge on any atom is 0.0417 e. The van der Waals surface area contributed by atoms with Gasteiger partial charge in [-0.25, -0.2) is 0 Å². The molecule has 0 fully saturated rings. The van der Waals surface area contributed by atoms with Gasteiger partial charge in [0.1, 0.15) is 0 Å². The first-order chi connectivity index (χ1) is 9.24. The van der Waals surface area contributed by atoms with Crippen LogP contribution in [0.3, 0.4) is 0 Å². The number of benzene rings is 1. The van der Waals surface area contributed by atoms with Gasteiger partial charge in [-0.15, -0.1) is 6.58 Å². The molecule has 106 valence electrons. The van der Waals surface area contributed by atoms with E-state index in [1.807, 2.05) is 6.08 Å². The molecule has 0 radical (unpaired) electrons. The highest BCUT2D eigenvalue weighted by Crippen LogP contribution is 2.26. The minimum absolute atomic E-state index is 0.389. The predicted octanol–water partition coefficient (Wildman–Crippen LogP) is 4.15. The molecule has 19 heavy (non-hydrogen) atoms. The average Bonchev–Trinajstić information content (AvgIpc) is 2.44. The van der Waals surface area contributed by atoms with Gasteiger partial charge in [0, 0.05) is 24.8 Å². The topological polar surface area (TPSA) is 15.3 Å². The van der Waals surface area contributed by atoms with Gasteiger partial charge in [0.05, 0.1) is 0 Å². The molecule has 0 heterocycles. The van der Waals surface area contributed by atoms with Crippen molar-refractivity contribution < 1.29 is 0 Å². The number of rotatable bonds is 9. The second-order valence-corrected chi connectivity index (χ2v) is 4.97. The van der Waals surface area contributed by atoms with Crippen molar-refractivity contribution in [3.8, 4) is 0 Å². The van der Waals surface area contributed by atoms with Crippen LogP contribution in [0.1, 0.15) is 45.2 Å². The lowest BCUT2D eigenvalue weighted by Gasteiger charge is -2.28. The Balaban J connectivity index is 2.94. The summed E-state index contributed by atoms with van der Waals surface area (Å²) in [5.41, 5.74) is 2.71. The number of hydrogen-bond donors (Lipinski definition) is 1. The molecule has 2 nitrogen and oxygen atoms in total. The molecule has 2 heteroatoms. The molecular formula is C17H28N2. The molecule has 1 N–H and O–H groups in total. The van der Waals surface area contributed by atoms with Gasteiger partial charge in [0.15, 0.2) is 0 Å². The highest BCUT2D eigenvalue weighted by molar-refractivity contribution is 5.55. The summed E-state index contributed by atoms with van der Waals surface area (Å²) in [7, 11) is 0. The zero-order chi connectivity index (χ0) is 14.1. The van der Waals surface area contributed by atoms with E-state index in [9.17, 15) is 0 Å². The normalized spacial score (nSPS) is 12.2. The lowest BCUT2D eigenvalue weighted by atomic mass is 10.0. The van der Waals surface area contributed by atoms with Crippen LogP contribution in [0.4, 0.5) is 5.69 Å². The van der Waals surface area contributed by atoms with Crippen molar-refractivity contribution >= 4 is 5.69 Å². The molecule has 1 rings (SSSR count). The molecule has 0 aliphatic heterocycles. The molecule has 0 aliphatic rings. The van der Waals surface area contributed by atoms with E-state index in [0.717, 1.165) is 32.5 Å². The molecule has 1 aromatic rings. The molecule has 0 aliphatic carbocycles. The van der Waals surface area contributed by atoms with Gasteiger partial charge >= 0.3 is 0 Å². The third-order valence-electron chi connectivity index (χ3n) is 3.29. The molecule has 0 aromatic heterocycles. The molecule has 0 bridgehead atoms. The zero-order valence-electron chi connectivity index (χ0n) is 12.7. The van der Waals surface area contributed by atoms with Crippen LogP contribution in [-0.2, 0) is 0 Å². The lowest BCUT2D eigenvalue weighted by molar-refractivity contribution is 0.569. The van der Waals surface area contributed by atoms with Gasteiger partial charge < -0.3 is 10.2 Å².